The Kier molecular flexibility index (Phi) is 15.4. The minimum absolute atomic E-state index is 0.213. The number of rotatable bonds is 10. The molecule has 14 aromatic carbocycles. The van der Waals surface area contributed by atoms with E-state index in [4.69, 9.17) is 19.9 Å². The van der Waals surface area contributed by atoms with Crippen LogP contribution in [0.4, 0.5) is 34.1 Å². The highest BCUT2D eigenvalue weighted by molar-refractivity contribution is 6.20. The summed E-state index contributed by atoms with van der Waals surface area (Å²) in [6.45, 7) is 9.43. The Hall–Kier alpha value is -13.6. The van der Waals surface area contributed by atoms with Crippen LogP contribution in [-0.4, -0.2) is 29.1 Å². The van der Waals surface area contributed by atoms with Gasteiger partial charge in [0.05, 0.1) is 67.6 Å². The van der Waals surface area contributed by atoms with Crippen LogP contribution in [-0.2, 0) is 10.8 Å². The van der Waals surface area contributed by atoms with Crippen LogP contribution in [0, 0.1) is 0 Å². The second kappa shape index (κ2) is 25.7. The van der Waals surface area contributed by atoms with Gasteiger partial charge in [-0.2, -0.15) is 0 Å². The summed E-state index contributed by atoms with van der Waals surface area (Å²) < 4.78 is 4.81. The fourth-order valence-corrected chi connectivity index (χ4v) is 16.4. The fraction of sp³-hybridized carbons (Fsp3) is 0.0612. The van der Waals surface area contributed by atoms with Crippen molar-refractivity contribution in [3.05, 3.63) is 386 Å². The van der Waals surface area contributed by atoms with Crippen LogP contribution in [0.15, 0.2) is 364 Å². The van der Waals surface area contributed by atoms with Crippen molar-refractivity contribution in [1.82, 2.24) is 29.1 Å². The van der Waals surface area contributed by atoms with E-state index in [1.807, 2.05) is 48.5 Å². The summed E-state index contributed by atoms with van der Waals surface area (Å²) in [7, 11) is 0. The number of hydrogen-bond acceptors (Lipinski definition) is 6. The van der Waals surface area contributed by atoms with Crippen molar-refractivity contribution >= 4 is 77.7 Å². The van der Waals surface area contributed by atoms with Gasteiger partial charge in [0.15, 0.2) is 11.6 Å². The standard InChI is InChI=1S/2C49H36N4/c2*1-49(2)39-23-13-15-25-44(39)53(47-40(49)30-31-45-46(47)38-22-12-14-24-43(38)52(45)36-20-10-5-11-21-36)37-28-26-34(27-29-37)42-32-41(33-16-6-3-7-17-33)50-48(51-42)35-18-8-4-9-19-35/h2*3-32H,1-2H3. The summed E-state index contributed by atoms with van der Waals surface area (Å²) in [5, 5.41) is 4.99. The highest BCUT2D eigenvalue weighted by atomic mass is 15.2. The molecule has 0 aliphatic carbocycles. The van der Waals surface area contributed by atoms with Crippen LogP contribution in [0.5, 0.6) is 0 Å². The Labute approximate surface area is 616 Å². The van der Waals surface area contributed by atoms with Gasteiger partial charge in [0.25, 0.3) is 0 Å². The number of para-hydroxylation sites is 6. The molecule has 20 rings (SSSR count). The van der Waals surface area contributed by atoms with Crippen molar-refractivity contribution in [2.45, 2.75) is 38.5 Å². The van der Waals surface area contributed by atoms with Crippen molar-refractivity contribution in [2.75, 3.05) is 9.80 Å². The first-order valence-corrected chi connectivity index (χ1v) is 36.4. The lowest BCUT2D eigenvalue weighted by Gasteiger charge is -2.42. The molecule has 0 amide bonds. The first-order chi connectivity index (χ1) is 52.1. The fourth-order valence-electron chi connectivity index (χ4n) is 16.4. The summed E-state index contributed by atoms with van der Waals surface area (Å²) >= 11 is 0. The summed E-state index contributed by atoms with van der Waals surface area (Å²) in [6, 6.07) is 129. The summed E-state index contributed by atoms with van der Waals surface area (Å²) in [5.74, 6) is 1.42. The molecule has 8 nitrogen and oxygen atoms in total. The average molecular weight is 1360 g/mol. The van der Waals surface area contributed by atoms with E-state index in [0.717, 1.165) is 78.9 Å². The predicted octanol–water partition coefficient (Wildman–Crippen LogP) is 25.4. The van der Waals surface area contributed by atoms with E-state index < -0.39 is 0 Å². The number of hydrogen-bond donors (Lipinski definition) is 0. The molecule has 2 aliphatic heterocycles. The van der Waals surface area contributed by atoms with Crippen molar-refractivity contribution in [3.63, 3.8) is 0 Å². The van der Waals surface area contributed by atoms with Crippen molar-refractivity contribution in [1.29, 1.82) is 0 Å². The monoisotopic (exact) mass is 1360 g/mol. The third-order valence-corrected chi connectivity index (χ3v) is 21.6. The van der Waals surface area contributed by atoms with Gasteiger partial charge in [-0.25, -0.2) is 19.9 Å². The van der Waals surface area contributed by atoms with E-state index in [2.05, 4.69) is 362 Å². The summed E-state index contributed by atoms with van der Waals surface area (Å²) in [4.78, 5) is 25.2. The van der Waals surface area contributed by atoms with Gasteiger partial charge in [-0.3, -0.25) is 0 Å². The molecule has 18 aromatic rings. The average Bonchev–Trinajstić information content (AvgIpc) is 1.38. The van der Waals surface area contributed by atoms with Gasteiger partial charge < -0.3 is 18.9 Å². The molecule has 0 atom stereocenters. The molecule has 0 radical (unpaired) electrons. The number of anilines is 6. The van der Waals surface area contributed by atoms with E-state index >= 15 is 0 Å². The van der Waals surface area contributed by atoms with Gasteiger partial charge in [-0.15, -0.1) is 0 Å². The zero-order valence-corrected chi connectivity index (χ0v) is 59.2. The van der Waals surface area contributed by atoms with E-state index in [0.29, 0.717) is 11.6 Å². The maximum absolute atomic E-state index is 5.11. The van der Waals surface area contributed by atoms with E-state index in [1.165, 1.54) is 88.6 Å². The summed E-state index contributed by atoms with van der Waals surface area (Å²) in [6.07, 6.45) is 0. The zero-order valence-electron chi connectivity index (χ0n) is 59.2. The van der Waals surface area contributed by atoms with Crippen LogP contribution < -0.4 is 9.80 Å². The molecular weight excluding hydrogens is 1290 g/mol. The minimum atomic E-state index is -0.213. The molecule has 504 valence electrons. The normalized spacial score (nSPS) is 13.2. The van der Waals surface area contributed by atoms with Crippen LogP contribution in [0.1, 0.15) is 49.9 Å². The highest BCUT2D eigenvalue weighted by Crippen LogP contribution is 2.58. The summed E-state index contributed by atoms with van der Waals surface area (Å²) in [5.41, 5.74) is 28.7. The Morgan fingerprint density at radius 2 is 0.519 bits per heavy atom. The third-order valence-electron chi connectivity index (χ3n) is 21.6. The molecule has 0 N–H and O–H groups in total. The quantitative estimate of drug-likeness (QED) is 0.136. The van der Waals surface area contributed by atoms with Crippen LogP contribution >= 0.6 is 0 Å². The lowest BCUT2D eigenvalue weighted by atomic mass is 9.73. The van der Waals surface area contributed by atoms with Gasteiger partial charge >= 0.3 is 0 Å². The van der Waals surface area contributed by atoms with Crippen molar-refractivity contribution in [3.8, 4) is 79.2 Å². The largest absolute Gasteiger partial charge is 0.309 e. The van der Waals surface area contributed by atoms with Crippen LogP contribution in [0.2, 0.25) is 0 Å². The molecule has 2 aliphatic rings. The molecule has 8 heteroatoms. The number of nitrogens with zero attached hydrogens (tertiary/aromatic N) is 8. The first-order valence-electron chi connectivity index (χ1n) is 36.4. The molecule has 0 saturated heterocycles. The lowest BCUT2D eigenvalue weighted by Crippen LogP contribution is -2.30. The zero-order chi connectivity index (χ0) is 71.0. The van der Waals surface area contributed by atoms with Crippen molar-refractivity contribution in [2.24, 2.45) is 0 Å². The Morgan fingerprint density at radius 3 is 0.877 bits per heavy atom. The first kappa shape index (κ1) is 63.4. The van der Waals surface area contributed by atoms with Gasteiger partial charge in [-0.1, -0.05) is 295 Å². The van der Waals surface area contributed by atoms with Gasteiger partial charge in [-0.05, 0) is 119 Å². The van der Waals surface area contributed by atoms with Gasteiger partial charge in [0.1, 0.15) is 0 Å². The second-order valence-corrected chi connectivity index (χ2v) is 28.5. The lowest BCUT2D eigenvalue weighted by molar-refractivity contribution is 0.633. The molecule has 6 heterocycles. The molecule has 0 saturated carbocycles. The second-order valence-electron chi connectivity index (χ2n) is 28.5. The molecule has 0 bridgehead atoms. The molecule has 0 unspecified atom stereocenters. The Bertz CT molecular complexity index is 5840. The number of benzene rings is 14. The molecule has 0 spiro atoms. The third kappa shape index (κ3) is 10.7. The Morgan fingerprint density at radius 1 is 0.226 bits per heavy atom. The molecule has 4 aromatic heterocycles. The predicted molar refractivity (Wildman–Crippen MR) is 439 cm³/mol. The van der Waals surface area contributed by atoms with E-state index in [1.54, 1.807) is 0 Å². The van der Waals surface area contributed by atoms with E-state index in [-0.39, 0.29) is 10.8 Å². The molecular formula is C98H72N8. The topological polar surface area (TPSA) is 67.9 Å². The maximum Gasteiger partial charge on any atom is 0.160 e. The van der Waals surface area contributed by atoms with Gasteiger partial charge in [0.2, 0.25) is 0 Å². The molecule has 106 heavy (non-hydrogen) atoms. The highest BCUT2D eigenvalue weighted by Gasteiger charge is 2.41. The van der Waals surface area contributed by atoms with Crippen LogP contribution in [0.3, 0.4) is 0 Å². The number of aromatic nitrogens is 6. The van der Waals surface area contributed by atoms with Crippen molar-refractivity contribution < 1.29 is 0 Å². The van der Waals surface area contributed by atoms with Gasteiger partial charge in [0, 0.05) is 88.5 Å². The SMILES string of the molecule is CC1(C)c2ccccc2N(c2ccc(-c3cc(-c4ccccc4)nc(-c4ccccc4)n3)cc2)c2c1ccc1c2c2ccccc2n1-c1ccccc1.CC1(C)c2ccccc2N(c2ccc(-c3cc(-c4ccccc4)nc(-c4ccccc4)n3)cc2)c2c1ccc1c2c2ccccc2n1-c1ccccc1. The Balaban J connectivity index is 0.000000145. The maximum atomic E-state index is 5.11. The minimum Gasteiger partial charge on any atom is -0.309 e. The number of fused-ring (bicyclic) bond motifs is 12. The smallest absolute Gasteiger partial charge is 0.160 e. The van der Waals surface area contributed by atoms with E-state index in [9.17, 15) is 0 Å². The van der Waals surface area contributed by atoms with Crippen LogP contribution in [0.25, 0.3) is 123 Å². The molecule has 0 fully saturated rings.